The molecule has 0 amide bonds. The minimum Gasteiger partial charge on any atom is -0.311 e. The standard InChI is InChI=1S/C20H37N/c1-14(2)15-7-6-8-17(10-9-15)21-18-13-16-11-12-20(18,5)19(16,3)4/h14-18,21H,6-13H2,1-5H3. The fraction of sp³-hybridized carbons (Fsp3) is 1.00. The molecular weight excluding hydrogens is 254 g/mol. The van der Waals surface area contributed by atoms with Crippen LogP contribution in [-0.4, -0.2) is 12.1 Å². The smallest absolute Gasteiger partial charge is 0.0131 e. The lowest BCUT2D eigenvalue weighted by Crippen LogP contribution is -2.48. The summed E-state index contributed by atoms with van der Waals surface area (Å²) < 4.78 is 0. The predicted octanol–water partition coefficient (Wildman–Crippen LogP) is 5.40. The van der Waals surface area contributed by atoms with Gasteiger partial charge in [0.05, 0.1) is 0 Å². The first-order valence-electron chi connectivity index (χ1n) is 9.60. The summed E-state index contributed by atoms with van der Waals surface area (Å²) in [5.41, 5.74) is 1.09. The normalized spacial score (nSPS) is 46.0. The van der Waals surface area contributed by atoms with Gasteiger partial charge in [0.2, 0.25) is 0 Å². The van der Waals surface area contributed by atoms with Crippen LogP contribution in [0, 0.1) is 28.6 Å². The minimum atomic E-state index is 0.543. The molecule has 1 N–H and O–H groups in total. The summed E-state index contributed by atoms with van der Waals surface area (Å²) in [6, 6.07) is 1.58. The van der Waals surface area contributed by atoms with Gasteiger partial charge in [-0.05, 0) is 67.1 Å². The van der Waals surface area contributed by atoms with E-state index in [1.807, 2.05) is 0 Å². The van der Waals surface area contributed by atoms with Gasteiger partial charge in [0.1, 0.15) is 0 Å². The second kappa shape index (κ2) is 5.55. The molecule has 0 aromatic rings. The summed E-state index contributed by atoms with van der Waals surface area (Å²) in [4.78, 5) is 0. The van der Waals surface area contributed by atoms with E-state index in [0.717, 1.165) is 29.8 Å². The van der Waals surface area contributed by atoms with Crippen molar-refractivity contribution < 1.29 is 0 Å². The number of rotatable bonds is 3. The van der Waals surface area contributed by atoms with Gasteiger partial charge in [-0.2, -0.15) is 0 Å². The van der Waals surface area contributed by atoms with Gasteiger partial charge in [0, 0.05) is 12.1 Å². The molecule has 21 heavy (non-hydrogen) atoms. The van der Waals surface area contributed by atoms with Crippen LogP contribution in [0.2, 0.25) is 0 Å². The van der Waals surface area contributed by atoms with E-state index in [9.17, 15) is 0 Å². The maximum atomic E-state index is 4.14. The van der Waals surface area contributed by atoms with Crippen molar-refractivity contribution in [1.82, 2.24) is 5.32 Å². The molecular formula is C20H37N. The van der Waals surface area contributed by atoms with Crippen molar-refractivity contribution in [3.05, 3.63) is 0 Å². The van der Waals surface area contributed by atoms with Gasteiger partial charge >= 0.3 is 0 Å². The minimum absolute atomic E-state index is 0.543. The molecule has 3 fully saturated rings. The van der Waals surface area contributed by atoms with Gasteiger partial charge in [-0.1, -0.05) is 47.5 Å². The van der Waals surface area contributed by atoms with Crippen LogP contribution in [0.25, 0.3) is 0 Å². The maximum Gasteiger partial charge on any atom is 0.0131 e. The Bertz CT molecular complexity index is 372. The molecule has 5 atom stereocenters. The van der Waals surface area contributed by atoms with Crippen molar-refractivity contribution in [3.8, 4) is 0 Å². The van der Waals surface area contributed by atoms with E-state index in [0.29, 0.717) is 10.8 Å². The summed E-state index contributed by atoms with van der Waals surface area (Å²) in [5.74, 6) is 2.82. The molecule has 3 aliphatic carbocycles. The van der Waals surface area contributed by atoms with Gasteiger partial charge < -0.3 is 5.32 Å². The fourth-order valence-electron chi connectivity index (χ4n) is 5.90. The highest BCUT2D eigenvalue weighted by Crippen LogP contribution is 2.65. The zero-order chi connectivity index (χ0) is 15.3. The van der Waals surface area contributed by atoms with Gasteiger partial charge in [-0.15, -0.1) is 0 Å². The van der Waals surface area contributed by atoms with E-state index in [1.165, 1.54) is 51.4 Å². The topological polar surface area (TPSA) is 12.0 Å². The third kappa shape index (κ3) is 2.58. The molecule has 3 saturated carbocycles. The first-order valence-corrected chi connectivity index (χ1v) is 9.60. The zero-order valence-corrected chi connectivity index (χ0v) is 15.0. The molecule has 3 aliphatic rings. The van der Waals surface area contributed by atoms with Crippen molar-refractivity contribution in [1.29, 1.82) is 0 Å². The largest absolute Gasteiger partial charge is 0.311 e. The van der Waals surface area contributed by atoms with E-state index >= 15 is 0 Å². The molecule has 0 radical (unpaired) electrons. The lowest BCUT2D eigenvalue weighted by Gasteiger charge is -2.41. The van der Waals surface area contributed by atoms with Crippen LogP contribution in [0.15, 0.2) is 0 Å². The lowest BCUT2D eigenvalue weighted by atomic mass is 9.69. The van der Waals surface area contributed by atoms with Crippen LogP contribution in [0.1, 0.15) is 86.0 Å². The van der Waals surface area contributed by atoms with Crippen LogP contribution in [0.4, 0.5) is 0 Å². The Balaban J connectivity index is 1.61. The summed E-state index contributed by atoms with van der Waals surface area (Å²) in [7, 11) is 0. The van der Waals surface area contributed by atoms with E-state index in [-0.39, 0.29) is 0 Å². The molecule has 1 heteroatoms. The molecule has 5 unspecified atom stereocenters. The highest BCUT2D eigenvalue weighted by atomic mass is 15.0. The predicted molar refractivity (Wildman–Crippen MR) is 91.4 cm³/mol. The third-order valence-corrected chi connectivity index (χ3v) is 8.19. The lowest BCUT2D eigenvalue weighted by molar-refractivity contribution is 0.113. The number of nitrogens with one attached hydrogen (secondary N) is 1. The monoisotopic (exact) mass is 291 g/mol. The van der Waals surface area contributed by atoms with Crippen molar-refractivity contribution in [3.63, 3.8) is 0 Å². The van der Waals surface area contributed by atoms with Crippen molar-refractivity contribution in [2.45, 2.75) is 98.1 Å². The molecule has 122 valence electrons. The molecule has 0 heterocycles. The summed E-state index contributed by atoms with van der Waals surface area (Å²) >= 11 is 0. The van der Waals surface area contributed by atoms with E-state index in [2.05, 4.69) is 39.9 Å². The fourth-order valence-corrected chi connectivity index (χ4v) is 5.90. The highest BCUT2D eigenvalue weighted by molar-refractivity contribution is 5.13. The highest BCUT2D eigenvalue weighted by Gasteiger charge is 2.61. The first kappa shape index (κ1) is 15.8. The Morgan fingerprint density at radius 2 is 1.71 bits per heavy atom. The van der Waals surface area contributed by atoms with Crippen molar-refractivity contribution >= 4 is 0 Å². The Hall–Kier alpha value is -0.0400. The van der Waals surface area contributed by atoms with Crippen molar-refractivity contribution in [2.24, 2.45) is 28.6 Å². The van der Waals surface area contributed by atoms with E-state index in [4.69, 9.17) is 0 Å². The Morgan fingerprint density at radius 1 is 0.952 bits per heavy atom. The second-order valence-electron chi connectivity index (χ2n) is 9.54. The Morgan fingerprint density at radius 3 is 2.29 bits per heavy atom. The van der Waals surface area contributed by atoms with Crippen molar-refractivity contribution in [2.75, 3.05) is 0 Å². The molecule has 1 nitrogen and oxygen atoms in total. The number of hydrogen-bond donors (Lipinski definition) is 1. The Labute approximate surface area is 132 Å². The molecule has 2 bridgehead atoms. The molecule has 3 rings (SSSR count). The molecule has 0 aromatic heterocycles. The number of hydrogen-bond acceptors (Lipinski definition) is 1. The van der Waals surface area contributed by atoms with E-state index in [1.54, 1.807) is 0 Å². The summed E-state index contributed by atoms with van der Waals surface area (Å²) in [5, 5.41) is 4.14. The molecule has 0 saturated heterocycles. The maximum absolute atomic E-state index is 4.14. The van der Waals surface area contributed by atoms with Gasteiger partial charge in [-0.25, -0.2) is 0 Å². The average Bonchev–Trinajstić information content (AvgIpc) is 2.69. The van der Waals surface area contributed by atoms with E-state index < -0.39 is 0 Å². The summed E-state index contributed by atoms with van der Waals surface area (Å²) in [6.07, 6.45) is 11.6. The zero-order valence-electron chi connectivity index (χ0n) is 15.0. The van der Waals surface area contributed by atoms with Crippen LogP contribution in [-0.2, 0) is 0 Å². The molecule has 0 aromatic carbocycles. The summed E-state index contributed by atoms with van der Waals surface area (Å²) in [6.45, 7) is 12.5. The van der Waals surface area contributed by atoms with Crippen LogP contribution >= 0.6 is 0 Å². The van der Waals surface area contributed by atoms with Gasteiger partial charge in [0.25, 0.3) is 0 Å². The van der Waals surface area contributed by atoms with Crippen LogP contribution in [0.5, 0.6) is 0 Å². The Kier molecular flexibility index (Phi) is 4.19. The van der Waals surface area contributed by atoms with Crippen LogP contribution in [0.3, 0.4) is 0 Å². The molecule has 0 aliphatic heterocycles. The second-order valence-corrected chi connectivity index (χ2v) is 9.54. The third-order valence-electron chi connectivity index (χ3n) is 8.19. The van der Waals surface area contributed by atoms with Gasteiger partial charge in [0.15, 0.2) is 0 Å². The number of fused-ring (bicyclic) bond motifs is 2. The quantitative estimate of drug-likeness (QED) is 0.687. The SMILES string of the molecule is CC(C)C1CCCC(NC2CC3CCC2(C)C3(C)C)CC1. The van der Waals surface area contributed by atoms with Crippen LogP contribution < -0.4 is 5.32 Å². The van der Waals surface area contributed by atoms with Gasteiger partial charge in [-0.3, -0.25) is 0 Å². The first-order chi connectivity index (χ1) is 9.84. The average molecular weight is 292 g/mol. The molecule has 0 spiro atoms.